The van der Waals surface area contributed by atoms with Crippen LogP contribution in [-0.4, -0.2) is 46.7 Å². The molecule has 4 amide bonds. The second-order valence-electron chi connectivity index (χ2n) is 7.11. The van der Waals surface area contributed by atoms with Crippen LogP contribution in [0.2, 0.25) is 0 Å². The van der Waals surface area contributed by atoms with Crippen LogP contribution in [0.5, 0.6) is 0 Å². The summed E-state index contributed by atoms with van der Waals surface area (Å²) >= 11 is 0.981. The summed E-state index contributed by atoms with van der Waals surface area (Å²) in [5.41, 5.74) is 1.43. The molecule has 1 heterocycles. The van der Waals surface area contributed by atoms with E-state index in [1.54, 1.807) is 12.1 Å². The van der Waals surface area contributed by atoms with Gasteiger partial charge in [-0.05, 0) is 30.5 Å². The zero-order chi connectivity index (χ0) is 19.9. The van der Waals surface area contributed by atoms with Gasteiger partial charge in [-0.3, -0.25) is 24.1 Å². The van der Waals surface area contributed by atoms with Crippen molar-refractivity contribution < 1.29 is 19.2 Å². The third-order valence-corrected chi connectivity index (χ3v) is 5.98. The second kappa shape index (κ2) is 9.73. The van der Waals surface area contributed by atoms with E-state index in [0.29, 0.717) is 12.1 Å². The maximum absolute atomic E-state index is 12.2. The standard InChI is InChI=1S/C20H25N3O4S/c24-17-13-28-20(27)23(17)11-10-21-18(25)16-8-6-14(7-9-16)12-22-19(26)15-4-2-1-3-5-15/h6-9,15H,1-5,10-13H2,(H,21,25)(H,22,26). The number of carbonyl (C=O) groups excluding carboxylic acids is 4. The van der Waals surface area contributed by atoms with Crippen LogP contribution in [0.4, 0.5) is 4.79 Å². The van der Waals surface area contributed by atoms with Gasteiger partial charge < -0.3 is 10.6 Å². The average Bonchev–Trinajstić information content (AvgIpc) is 3.05. The summed E-state index contributed by atoms with van der Waals surface area (Å²) in [5.74, 6) is -0.0587. The summed E-state index contributed by atoms with van der Waals surface area (Å²) in [6, 6.07) is 7.05. The first kappa shape index (κ1) is 20.4. The molecule has 1 aliphatic heterocycles. The van der Waals surface area contributed by atoms with Crippen LogP contribution in [0.1, 0.15) is 48.0 Å². The van der Waals surface area contributed by atoms with E-state index in [-0.39, 0.29) is 47.7 Å². The Balaban J connectivity index is 1.41. The van der Waals surface area contributed by atoms with Gasteiger partial charge in [-0.2, -0.15) is 0 Å². The lowest BCUT2D eigenvalue weighted by atomic mass is 9.88. The molecule has 0 bridgehead atoms. The van der Waals surface area contributed by atoms with Crippen molar-refractivity contribution in [2.45, 2.75) is 38.6 Å². The van der Waals surface area contributed by atoms with Gasteiger partial charge in [0.2, 0.25) is 11.8 Å². The molecule has 0 unspecified atom stereocenters. The van der Waals surface area contributed by atoms with Crippen LogP contribution in [0.3, 0.4) is 0 Å². The van der Waals surface area contributed by atoms with Crippen LogP contribution >= 0.6 is 11.8 Å². The van der Waals surface area contributed by atoms with Crippen molar-refractivity contribution in [2.75, 3.05) is 18.8 Å². The molecule has 0 spiro atoms. The molecule has 28 heavy (non-hydrogen) atoms. The third-order valence-electron chi connectivity index (χ3n) is 5.12. The maximum Gasteiger partial charge on any atom is 0.288 e. The Morgan fingerprint density at radius 3 is 2.39 bits per heavy atom. The van der Waals surface area contributed by atoms with Gasteiger partial charge in [0, 0.05) is 31.1 Å². The lowest BCUT2D eigenvalue weighted by Gasteiger charge is -2.20. The van der Waals surface area contributed by atoms with Crippen molar-refractivity contribution in [3.05, 3.63) is 35.4 Å². The zero-order valence-corrected chi connectivity index (χ0v) is 16.6. The van der Waals surface area contributed by atoms with Crippen molar-refractivity contribution in [1.29, 1.82) is 0 Å². The van der Waals surface area contributed by atoms with Gasteiger partial charge in [0.25, 0.3) is 11.1 Å². The van der Waals surface area contributed by atoms with E-state index >= 15 is 0 Å². The van der Waals surface area contributed by atoms with Crippen LogP contribution in [-0.2, 0) is 16.1 Å². The summed E-state index contributed by atoms with van der Waals surface area (Å²) in [4.78, 5) is 48.6. The van der Waals surface area contributed by atoms with Gasteiger partial charge >= 0.3 is 0 Å². The number of benzene rings is 1. The lowest BCUT2D eigenvalue weighted by molar-refractivity contribution is -0.126. The largest absolute Gasteiger partial charge is 0.352 e. The average molecular weight is 404 g/mol. The molecule has 150 valence electrons. The molecule has 1 saturated carbocycles. The first-order valence-electron chi connectivity index (χ1n) is 9.66. The van der Waals surface area contributed by atoms with E-state index in [4.69, 9.17) is 0 Å². The number of carbonyl (C=O) groups is 4. The topological polar surface area (TPSA) is 95.6 Å². The first-order valence-corrected chi connectivity index (χ1v) is 10.6. The Bertz CT molecular complexity index is 728. The Labute approximate surface area is 168 Å². The maximum atomic E-state index is 12.2. The number of rotatable bonds is 7. The molecule has 8 heteroatoms. The highest BCUT2D eigenvalue weighted by molar-refractivity contribution is 8.14. The molecule has 0 aromatic heterocycles. The highest BCUT2D eigenvalue weighted by Crippen LogP contribution is 2.23. The number of imide groups is 1. The number of nitrogens with zero attached hydrogens (tertiary/aromatic N) is 1. The molecule has 7 nitrogen and oxygen atoms in total. The molecule has 0 radical (unpaired) electrons. The predicted octanol–water partition coefficient (Wildman–Crippen LogP) is 2.31. The minimum absolute atomic E-state index is 0.116. The highest BCUT2D eigenvalue weighted by atomic mass is 32.2. The molecule has 3 rings (SSSR count). The number of amides is 4. The molecule has 2 fully saturated rings. The molecular weight excluding hydrogens is 378 g/mol. The lowest BCUT2D eigenvalue weighted by Crippen LogP contribution is -2.37. The molecule has 1 aromatic carbocycles. The molecule has 1 aromatic rings. The van der Waals surface area contributed by atoms with Crippen molar-refractivity contribution in [3.63, 3.8) is 0 Å². The highest BCUT2D eigenvalue weighted by Gasteiger charge is 2.29. The van der Waals surface area contributed by atoms with E-state index < -0.39 is 0 Å². The number of hydrogen-bond donors (Lipinski definition) is 2. The molecule has 2 aliphatic rings. The predicted molar refractivity (Wildman–Crippen MR) is 107 cm³/mol. The zero-order valence-electron chi connectivity index (χ0n) is 15.7. The molecule has 1 saturated heterocycles. The van der Waals surface area contributed by atoms with Crippen molar-refractivity contribution in [3.8, 4) is 0 Å². The van der Waals surface area contributed by atoms with Gasteiger partial charge in [0.1, 0.15) is 0 Å². The smallest absolute Gasteiger partial charge is 0.288 e. The Hall–Kier alpha value is -2.35. The van der Waals surface area contributed by atoms with E-state index in [0.717, 1.165) is 47.9 Å². The fourth-order valence-electron chi connectivity index (χ4n) is 3.45. The van der Waals surface area contributed by atoms with Crippen LogP contribution in [0, 0.1) is 5.92 Å². The van der Waals surface area contributed by atoms with Crippen LogP contribution in [0.25, 0.3) is 0 Å². The van der Waals surface area contributed by atoms with Crippen molar-refractivity contribution >= 4 is 34.7 Å². The molecule has 2 N–H and O–H groups in total. The van der Waals surface area contributed by atoms with Gasteiger partial charge in [-0.15, -0.1) is 0 Å². The quantitative estimate of drug-likeness (QED) is 0.728. The molecule has 0 atom stereocenters. The van der Waals surface area contributed by atoms with Gasteiger partial charge in [-0.25, -0.2) is 0 Å². The normalized spacial score (nSPS) is 17.6. The van der Waals surface area contributed by atoms with Gasteiger partial charge in [0.15, 0.2) is 0 Å². The SMILES string of the molecule is O=C(NCCN1C(=O)CSC1=O)c1ccc(CNC(=O)C2CCCCC2)cc1. The Morgan fingerprint density at radius 1 is 1.04 bits per heavy atom. The summed E-state index contributed by atoms with van der Waals surface area (Å²) < 4.78 is 0. The Morgan fingerprint density at radius 2 is 1.75 bits per heavy atom. The molecule has 1 aliphatic carbocycles. The summed E-state index contributed by atoms with van der Waals surface area (Å²) in [7, 11) is 0. The fraction of sp³-hybridized carbons (Fsp3) is 0.500. The first-order chi connectivity index (χ1) is 13.5. The van der Waals surface area contributed by atoms with Gasteiger partial charge in [-0.1, -0.05) is 43.2 Å². The molecular formula is C20H25N3O4S. The van der Waals surface area contributed by atoms with Crippen molar-refractivity contribution in [2.24, 2.45) is 5.92 Å². The third kappa shape index (κ3) is 5.34. The minimum atomic E-state index is -0.265. The Kier molecular flexibility index (Phi) is 7.08. The number of thioether (sulfide) groups is 1. The van der Waals surface area contributed by atoms with Crippen LogP contribution in [0.15, 0.2) is 24.3 Å². The summed E-state index contributed by atoms with van der Waals surface area (Å²) in [6.45, 7) is 0.853. The summed E-state index contributed by atoms with van der Waals surface area (Å²) in [6.07, 6.45) is 5.41. The monoisotopic (exact) mass is 403 g/mol. The van der Waals surface area contributed by atoms with E-state index in [1.807, 2.05) is 12.1 Å². The number of nitrogens with one attached hydrogen (secondary N) is 2. The van der Waals surface area contributed by atoms with E-state index in [2.05, 4.69) is 10.6 Å². The van der Waals surface area contributed by atoms with E-state index in [1.165, 1.54) is 6.42 Å². The fourth-order valence-corrected chi connectivity index (χ4v) is 4.20. The van der Waals surface area contributed by atoms with Gasteiger partial charge in [0.05, 0.1) is 5.75 Å². The van der Waals surface area contributed by atoms with E-state index in [9.17, 15) is 19.2 Å². The van der Waals surface area contributed by atoms with Crippen LogP contribution < -0.4 is 10.6 Å². The minimum Gasteiger partial charge on any atom is -0.352 e. The second-order valence-corrected chi connectivity index (χ2v) is 8.03. The number of hydrogen-bond acceptors (Lipinski definition) is 5. The summed E-state index contributed by atoms with van der Waals surface area (Å²) in [5, 5.41) is 5.43. The van der Waals surface area contributed by atoms with Crippen molar-refractivity contribution in [1.82, 2.24) is 15.5 Å².